The molecule has 2 aromatic heterocycles. The minimum atomic E-state index is 0.429. The highest BCUT2D eigenvalue weighted by atomic mass is 35.5. The molecule has 80 valence electrons. The smallest absolute Gasteiger partial charge is 0.203 e. The lowest BCUT2D eigenvalue weighted by molar-refractivity contribution is 0.950. The zero-order valence-corrected chi connectivity index (χ0v) is 9.36. The molecule has 3 aromatic rings. The number of aromatic nitrogens is 3. The van der Waals surface area contributed by atoms with E-state index in [1.165, 1.54) is 0 Å². The standard InChI is InChI=1S/C11H9ClN4/c1-16-10-7(13)5-8-6(3-2-4-14-8)9(10)15-11(16)12/h2-5H,13H2,1H3. The van der Waals surface area contributed by atoms with Crippen molar-refractivity contribution in [2.24, 2.45) is 7.05 Å². The maximum absolute atomic E-state index is 6.00. The Morgan fingerprint density at radius 3 is 3.06 bits per heavy atom. The lowest BCUT2D eigenvalue weighted by Gasteiger charge is -2.03. The normalized spacial score (nSPS) is 11.4. The number of hydrogen-bond donors (Lipinski definition) is 1. The number of nitrogens with two attached hydrogens (primary N) is 1. The number of imidazole rings is 1. The summed E-state index contributed by atoms with van der Waals surface area (Å²) in [6.45, 7) is 0. The molecule has 0 atom stereocenters. The number of halogens is 1. The van der Waals surface area contributed by atoms with Crippen LogP contribution in [0.2, 0.25) is 5.28 Å². The van der Waals surface area contributed by atoms with Crippen LogP contribution >= 0.6 is 11.6 Å². The molecule has 16 heavy (non-hydrogen) atoms. The summed E-state index contributed by atoms with van der Waals surface area (Å²) in [5.41, 5.74) is 9.11. The average Bonchev–Trinajstić information content (AvgIpc) is 2.57. The lowest BCUT2D eigenvalue weighted by atomic mass is 10.1. The van der Waals surface area contributed by atoms with E-state index in [4.69, 9.17) is 17.3 Å². The second-order valence-electron chi connectivity index (χ2n) is 3.67. The second-order valence-corrected chi connectivity index (χ2v) is 4.01. The number of nitrogen functional groups attached to an aromatic ring is 1. The Bertz CT molecular complexity index is 702. The van der Waals surface area contributed by atoms with Crippen LogP contribution in [0.4, 0.5) is 5.69 Å². The van der Waals surface area contributed by atoms with Crippen LogP contribution in [0.3, 0.4) is 0 Å². The minimum Gasteiger partial charge on any atom is -0.397 e. The van der Waals surface area contributed by atoms with Crippen LogP contribution in [0.5, 0.6) is 0 Å². The lowest BCUT2D eigenvalue weighted by Crippen LogP contribution is -1.94. The Labute approximate surface area is 96.7 Å². The number of aryl methyl sites for hydroxylation is 1. The first-order chi connectivity index (χ1) is 7.68. The Morgan fingerprint density at radius 1 is 1.44 bits per heavy atom. The molecule has 1 aromatic carbocycles. The van der Waals surface area contributed by atoms with Gasteiger partial charge in [-0.25, -0.2) is 4.98 Å². The molecule has 0 aliphatic carbocycles. The molecule has 5 heteroatoms. The molecule has 0 fully saturated rings. The van der Waals surface area contributed by atoms with Crippen LogP contribution < -0.4 is 5.73 Å². The fourth-order valence-corrected chi connectivity index (χ4v) is 2.11. The van der Waals surface area contributed by atoms with E-state index in [0.717, 1.165) is 21.9 Å². The molecule has 0 spiro atoms. The molecule has 0 unspecified atom stereocenters. The number of nitrogens with zero attached hydrogens (tertiary/aromatic N) is 3. The third-order valence-electron chi connectivity index (χ3n) is 2.70. The van der Waals surface area contributed by atoms with Gasteiger partial charge in [0.1, 0.15) is 5.52 Å². The molecule has 3 rings (SSSR count). The van der Waals surface area contributed by atoms with Gasteiger partial charge in [-0.05, 0) is 29.8 Å². The predicted molar refractivity (Wildman–Crippen MR) is 65.4 cm³/mol. The number of rotatable bonds is 0. The van der Waals surface area contributed by atoms with Gasteiger partial charge in [0.25, 0.3) is 0 Å². The summed E-state index contributed by atoms with van der Waals surface area (Å²) in [6.07, 6.45) is 1.73. The molecule has 4 nitrogen and oxygen atoms in total. The fraction of sp³-hybridized carbons (Fsp3) is 0.0909. The van der Waals surface area contributed by atoms with Gasteiger partial charge in [0.15, 0.2) is 0 Å². The molecule has 0 amide bonds. The summed E-state index contributed by atoms with van der Waals surface area (Å²) in [4.78, 5) is 8.57. The summed E-state index contributed by atoms with van der Waals surface area (Å²) in [7, 11) is 1.84. The van der Waals surface area contributed by atoms with E-state index in [1.54, 1.807) is 10.8 Å². The third-order valence-corrected chi connectivity index (χ3v) is 3.04. The van der Waals surface area contributed by atoms with Crippen molar-refractivity contribution in [1.82, 2.24) is 14.5 Å². The molecule has 0 bridgehead atoms. The molecule has 0 aliphatic heterocycles. The van der Waals surface area contributed by atoms with Gasteiger partial charge < -0.3 is 10.3 Å². The predicted octanol–water partition coefficient (Wildman–Crippen LogP) is 2.36. The largest absolute Gasteiger partial charge is 0.397 e. The zero-order chi connectivity index (χ0) is 11.3. The van der Waals surface area contributed by atoms with E-state index in [1.807, 2.05) is 25.2 Å². The molecule has 0 aliphatic rings. The molecule has 2 N–H and O–H groups in total. The van der Waals surface area contributed by atoms with Crippen molar-refractivity contribution in [2.75, 3.05) is 5.73 Å². The summed E-state index contributed by atoms with van der Waals surface area (Å²) in [5, 5.41) is 1.40. The summed E-state index contributed by atoms with van der Waals surface area (Å²) in [5.74, 6) is 0. The monoisotopic (exact) mass is 232 g/mol. The van der Waals surface area contributed by atoms with Crippen molar-refractivity contribution in [2.45, 2.75) is 0 Å². The highest BCUT2D eigenvalue weighted by Gasteiger charge is 2.12. The highest BCUT2D eigenvalue weighted by Crippen LogP contribution is 2.30. The molecule has 0 radical (unpaired) electrons. The van der Waals surface area contributed by atoms with Gasteiger partial charge in [0.2, 0.25) is 5.28 Å². The average molecular weight is 233 g/mol. The maximum Gasteiger partial charge on any atom is 0.203 e. The van der Waals surface area contributed by atoms with E-state index in [9.17, 15) is 0 Å². The van der Waals surface area contributed by atoms with Gasteiger partial charge in [0.05, 0.1) is 16.7 Å². The van der Waals surface area contributed by atoms with Crippen LogP contribution in [-0.2, 0) is 7.05 Å². The van der Waals surface area contributed by atoms with E-state index in [0.29, 0.717) is 11.0 Å². The van der Waals surface area contributed by atoms with Crippen LogP contribution in [0.1, 0.15) is 0 Å². The first kappa shape index (κ1) is 9.42. The summed E-state index contributed by atoms with van der Waals surface area (Å²) < 4.78 is 1.78. The zero-order valence-electron chi connectivity index (χ0n) is 8.61. The van der Waals surface area contributed by atoms with Crippen molar-refractivity contribution < 1.29 is 0 Å². The first-order valence-corrected chi connectivity index (χ1v) is 5.21. The molecule has 0 saturated carbocycles. The van der Waals surface area contributed by atoms with Crippen molar-refractivity contribution in [3.8, 4) is 0 Å². The van der Waals surface area contributed by atoms with E-state index >= 15 is 0 Å². The molecule has 2 heterocycles. The van der Waals surface area contributed by atoms with E-state index < -0.39 is 0 Å². The first-order valence-electron chi connectivity index (χ1n) is 4.83. The van der Waals surface area contributed by atoms with E-state index in [2.05, 4.69) is 9.97 Å². The fourth-order valence-electron chi connectivity index (χ4n) is 1.94. The maximum atomic E-state index is 6.00. The minimum absolute atomic E-state index is 0.429. The van der Waals surface area contributed by atoms with Gasteiger partial charge >= 0.3 is 0 Å². The highest BCUT2D eigenvalue weighted by molar-refractivity contribution is 6.30. The van der Waals surface area contributed by atoms with Crippen LogP contribution in [0.15, 0.2) is 24.4 Å². The Hall–Kier alpha value is -1.81. The SMILES string of the molecule is Cn1c(Cl)nc2c3cccnc3cc(N)c21. The Kier molecular flexibility index (Phi) is 1.82. The molecular weight excluding hydrogens is 224 g/mol. The second kappa shape index (κ2) is 3.09. The number of pyridine rings is 1. The van der Waals surface area contributed by atoms with Crippen molar-refractivity contribution in [1.29, 1.82) is 0 Å². The number of anilines is 1. The van der Waals surface area contributed by atoms with Crippen molar-refractivity contribution in [3.63, 3.8) is 0 Å². The van der Waals surface area contributed by atoms with Gasteiger partial charge in [0, 0.05) is 18.6 Å². The molecule has 0 saturated heterocycles. The van der Waals surface area contributed by atoms with Gasteiger partial charge in [-0.3, -0.25) is 4.98 Å². The summed E-state index contributed by atoms with van der Waals surface area (Å²) >= 11 is 6.00. The number of hydrogen-bond acceptors (Lipinski definition) is 3. The van der Waals surface area contributed by atoms with Crippen LogP contribution in [0.25, 0.3) is 21.9 Å². The Morgan fingerprint density at radius 2 is 2.25 bits per heavy atom. The Balaban J connectivity index is 2.65. The number of benzene rings is 1. The topological polar surface area (TPSA) is 56.7 Å². The van der Waals surface area contributed by atoms with Crippen LogP contribution in [-0.4, -0.2) is 14.5 Å². The van der Waals surface area contributed by atoms with Crippen molar-refractivity contribution in [3.05, 3.63) is 29.7 Å². The number of fused-ring (bicyclic) bond motifs is 3. The molecular formula is C11H9ClN4. The van der Waals surface area contributed by atoms with Crippen LogP contribution in [0, 0.1) is 0 Å². The van der Waals surface area contributed by atoms with E-state index in [-0.39, 0.29) is 0 Å². The quantitative estimate of drug-likeness (QED) is 0.606. The van der Waals surface area contributed by atoms with Gasteiger partial charge in [-0.1, -0.05) is 0 Å². The van der Waals surface area contributed by atoms with Crippen molar-refractivity contribution >= 4 is 39.2 Å². The third kappa shape index (κ3) is 1.10. The van der Waals surface area contributed by atoms with Gasteiger partial charge in [-0.2, -0.15) is 0 Å². The summed E-state index contributed by atoms with van der Waals surface area (Å²) in [6, 6.07) is 5.68. The van der Waals surface area contributed by atoms with Gasteiger partial charge in [-0.15, -0.1) is 0 Å².